The van der Waals surface area contributed by atoms with E-state index in [9.17, 15) is 19.2 Å². The van der Waals surface area contributed by atoms with Gasteiger partial charge in [-0.3, -0.25) is 0 Å². The average Bonchev–Trinajstić information content (AvgIpc) is 3.04. The minimum absolute atomic E-state index is 0.0239. The van der Waals surface area contributed by atoms with Crippen LogP contribution in [0, 0.1) is 0 Å². The largest absolute Gasteiger partial charge is 0.461 e. The molecule has 220 valence electrons. The van der Waals surface area contributed by atoms with Crippen LogP contribution in [-0.4, -0.2) is 63.8 Å². The number of oxime groups is 1. The minimum atomic E-state index is -1.62. The summed E-state index contributed by atoms with van der Waals surface area (Å²) < 4.78 is 21.0. The van der Waals surface area contributed by atoms with E-state index in [0.717, 1.165) is 0 Å². The van der Waals surface area contributed by atoms with Crippen molar-refractivity contribution in [2.24, 2.45) is 5.16 Å². The Labute approximate surface area is 237 Å². The monoisotopic (exact) mass is 591 g/mol. The molecular weight excluding hydrogens is 554 g/mol. The average molecular weight is 592 g/mol. The summed E-state index contributed by atoms with van der Waals surface area (Å²) in [7, 11) is 0. The molecule has 0 aliphatic heterocycles. The number of rotatable bonds is 7. The maximum atomic E-state index is 13.0. The molecule has 0 bridgehead atoms. The van der Waals surface area contributed by atoms with Crippen molar-refractivity contribution in [1.29, 1.82) is 0 Å². The molecule has 0 radical (unpaired) electrons. The molecule has 0 saturated heterocycles. The molecule has 1 aromatic rings. The summed E-state index contributed by atoms with van der Waals surface area (Å²) in [5.41, 5.74) is -5.10. The highest BCUT2D eigenvalue weighted by atomic mass is 35.5. The smallest absolute Gasteiger partial charge is 0.426 e. The van der Waals surface area contributed by atoms with Crippen LogP contribution in [0.4, 0.5) is 14.7 Å². The van der Waals surface area contributed by atoms with Gasteiger partial charge in [0.2, 0.25) is 16.4 Å². The number of hydrogen-bond acceptors (Lipinski definition) is 12. The van der Waals surface area contributed by atoms with Crippen molar-refractivity contribution in [1.82, 2.24) is 4.98 Å². The van der Waals surface area contributed by atoms with Crippen LogP contribution in [0.1, 0.15) is 88.8 Å². The Morgan fingerprint density at radius 1 is 0.846 bits per heavy atom. The van der Waals surface area contributed by atoms with Crippen molar-refractivity contribution in [3.05, 3.63) is 10.0 Å². The highest BCUT2D eigenvalue weighted by Crippen LogP contribution is 2.33. The number of carbonyl (C=O) groups is 4. The number of esters is 2. The Morgan fingerprint density at radius 3 is 1.72 bits per heavy atom. The van der Waals surface area contributed by atoms with Crippen molar-refractivity contribution < 1.29 is 43.0 Å². The molecule has 1 heterocycles. The van der Waals surface area contributed by atoms with Crippen molar-refractivity contribution >= 4 is 57.9 Å². The Kier molecular flexibility index (Phi) is 10.9. The SMILES string of the molecule is CCOC(=O)/C(=N\OC(C)(C)C(=O)OC(C)(C)C)c1nc(N(C(=O)OC(C)(C)C)C(=O)OC(C)(C)C)sc1Cl. The topological polar surface area (TPSA) is 143 Å². The van der Waals surface area contributed by atoms with E-state index in [1.807, 2.05) is 0 Å². The number of halogens is 1. The number of anilines is 1. The number of hydrogen-bond donors (Lipinski definition) is 0. The molecule has 0 aliphatic rings. The maximum Gasteiger partial charge on any atom is 0.426 e. The highest BCUT2D eigenvalue weighted by molar-refractivity contribution is 7.20. The lowest BCUT2D eigenvalue weighted by atomic mass is 10.1. The van der Waals surface area contributed by atoms with Gasteiger partial charge in [-0.1, -0.05) is 28.1 Å². The van der Waals surface area contributed by atoms with Gasteiger partial charge in [0.05, 0.1) is 6.61 Å². The Bertz CT molecular complexity index is 1080. The van der Waals surface area contributed by atoms with Crippen LogP contribution in [0.25, 0.3) is 0 Å². The summed E-state index contributed by atoms with van der Waals surface area (Å²) in [6.07, 6.45) is -2.16. The summed E-state index contributed by atoms with van der Waals surface area (Å²) in [6.45, 7) is 19.1. The second kappa shape index (κ2) is 12.5. The van der Waals surface area contributed by atoms with Gasteiger partial charge in [-0.2, -0.15) is 4.90 Å². The molecule has 14 heteroatoms. The predicted molar refractivity (Wildman–Crippen MR) is 146 cm³/mol. The van der Waals surface area contributed by atoms with Crippen LogP contribution in [0.2, 0.25) is 4.34 Å². The van der Waals surface area contributed by atoms with E-state index in [2.05, 4.69) is 10.1 Å². The first-order valence-electron chi connectivity index (χ1n) is 12.1. The molecular formula is C25H38ClN3O9S. The van der Waals surface area contributed by atoms with Gasteiger partial charge in [0.25, 0.3) is 0 Å². The lowest BCUT2D eigenvalue weighted by molar-refractivity contribution is -0.179. The second-order valence-electron chi connectivity index (χ2n) is 11.7. The van der Waals surface area contributed by atoms with E-state index in [-0.39, 0.29) is 21.8 Å². The van der Waals surface area contributed by atoms with E-state index >= 15 is 0 Å². The highest BCUT2D eigenvalue weighted by Gasteiger charge is 2.38. The molecule has 0 aliphatic carbocycles. The number of nitrogens with zero attached hydrogens (tertiary/aromatic N) is 3. The third-order valence-electron chi connectivity index (χ3n) is 3.87. The summed E-state index contributed by atoms with van der Waals surface area (Å²) in [6, 6.07) is 0. The third kappa shape index (κ3) is 11.0. The van der Waals surface area contributed by atoms with Crippen molar-refractivity contribution in [2.45, 2.75) is 105 Å². The molecule has 1 rings (SSSR count). The van der Waals surface area contributed by atoms with Crippen LogP contribution in [-0.2, 0) is 33.4 Å². The van der Waals surface area contributed by atoms with E-state index in [0.29, 0.717) is 16.2 Å². The molecule has 2 amide bonds. The lowest BCUT2D eigenvalue weighted by Gasteiger charge is -2.27. The van der Waals surface area contributed by atoms with Gasteiger partial charge in [0.15, 0.2) is 0 Å². The minimum Gasteiger partial charge on any atom is -0.461 e. The van der Waals surface area contributed by atoms with Crippen LogP contribution < -0.4 is 4.90 Å². The molecule has 12 nitrogen and oxygen atoms in total. The molecule has 0 fully saturated rings. The van der Waals surface area contributed by atoms with E-state index in [1.54, 1.807) is 69.2 Å². The fraction of sp³-hybridized carbons (Fsp3) is 0.680. The van der Waals surface area contributed by atoms with E-state index < -0.39 is 52.2 Å². The first-order valence-corrected chi connectivity index (χ1v) is 13.3. The number of ether oxygens (including phenoxy) is 4. The van der Waals surface area contributed by atoms with Gasteiger partial charge in [-0.15, -0.1) is 0 Å². The van der Waals surface area contributed by atoms with Crippen molar-refractivity contribution in [2.75, 3.05) is 11.5 Å². The molecule has 0 spiro atoms. The van der Waals surface area contributed by atoms with Gasteiger partial charge < -0.3 is 23.8 Å². The fourth-order valence-electron chi connectivity index (χ4n) is 2.35. The van der Waals surface area contributed by atoms with Crippen LogP contribution in [0.3, 0.4) is 0 Å². The van der Waals surface area contributed by atoms with Gasteiger partial charge in [0.1, 0.15) is 26.8 Å². The van der Waals surface area contributed by atoms with Gasteiger partial charge in [-0.25, -0.2) is 24.2 Å². The first kappa shape index (κ1) is 34.1. The van der Waals surface area contributed by atoms with Gasteiger partial charge in [0, 0.05) is 0 Å². The predicted octanol–water partition coefficient (Wildman–Crippen LogP) is 5.88. The standard InChI is InChI=1S/C25H38ClN3O9S/c1-13-34-17(30)15(28-38-25(11,12)18(31)35-22(2,3)4)14-16(26)39-19(27-14)29(20(32)36-23(5,6)7)21(33)37-24(8,9)10/h13H2,1-12H3/b28-15-. The third-order valence-corrected chi connectivity index (χ3v) is 5.11. The number of imide groups is 1. The van der Waals surface area contributed by atoms with E-state index in [1.165, 1.54) is 13.8 Å². The number of aromatic nitrogens is 1. The molecule has 0 N–H and O–H groups in total. The molecule has 1 aromatic heterocycles. The molecule has 0 aromatic carbocycles. The van der Waals surface area contributed by atoms with Crippen LogP contribution in [0.5, 0.6) is 0 Å². The maximum absolute atomic E-state index is 13.0. The quantitative estimate of drug-likeness (QED) is 0.163. The van der Waals surface area contributed by atoms with Crippen molar-refractivity contribution in [3.8, 4) is 0 Å². The molecule has 39 heavy (non-hydrogen) atoms. The fourth-order valence-corrected chi connectivity index (χ4v) is 3.47. The van der Waals surface area contributed by atoms with Crippen LogP contribution in [0.15, 0.2) is 5.16 Å². The van der Waals surface area contributed by atoms with Crippen molar-refractivity contribution in [3.63, 3.8) is 0 Å². The van der Waals surface area contributed by atoms with Crippen LogP contribution >= 0.6 is 22.9 Å². The van der Waals surface area contributed by atoms with Gasteiger partial charge in [-0.05, 0) is 83.1 Å². The summed E-state index contributed by atoms with van der Waals surface area (Å²) in [5, 5.41) is 3.57. The van der Waals surface area contributed by atoms with Gasteiger partial charge >= 0.3 is 24.1 Å². The zero-order valence-corrected chi connectivity index (χ0v) is 26.1. The number of thiazole rings is 1. The Balaban J connectivity index is 3.59. The Hall–Kier alpha value is -2.93. The second-order valence-corrected chi connectivity index (χ2v) is 13.3. The molecule has 0 atom stereocenters. The first-order chi connectivity index (χ1) is 17.5. The normalized spacial score (nSPS) is 12.9. The molecule has 0 unspecified atom stereocenters. The summed E-state index contributed by atoms with van der Waals surface area (Å²) in [5.74, 6) is -1.72. The molecule has 0 saturated carbocycles. The number of carbonyl (C=O) groups excluding carboxylic acids is 4. The van der Waals surface area contributed by atoms with E-state index in [4.69, 9.17) is 35.4 Å². The zero-order valence-electron chi connectivity index (χ0n) is 24.5. The Morgan fingerprint density at radius 2 is 1.31 bits per heavy atom. The summed E-state index contributed by atoms with van der Waals surface area (Å²) in [4.78, 5) is 61.5. The summed E-state index contributed by atoms with van der Waals surface area (Å²) >= 11 is 7.08. The zero-order chi connectivity index (χ0) is 30.6. The lowest BCUT2D eigenvalue weighted by Crippen LogP contribution is -2.43. The number of amides is 2.